The lowest BCUT2D eigenvalue weighted by Crippen LogP contribution is -2.47. The van der Waals surface area contributed by atoms with Crippen molar-refractivity contribution in [2.24, 2.45) is 5.92 Å². The van der Waals surface area contributed by atoms with Crippen molar-refractivity contribution < 1.29 is 35.2 Å². The Balaban J connectivity index is 2.13. The van der Waals surface area contributed by atoms with Crippen LogP contribution < -0.4 is 5.32 Å². The topological polar surface area (TPSA) is 63.2 Å². The zero-order valence-corrected chi connectivity index (χ0v) is 13.7. The number of nitrogens with one attached hydrogen (secondary N) is 1. The Bertz CT molecular complexity index is 716. The van der Waals surface area contributed by atoms with Crippen LogP contribution in [0.25, 0.3) is 0 Å². The number of hydrogen-bond acceptors (Lipinski definition) is 3. The van der Waals surface area contributed by atoms with Crippen molar-refractivity contribution in [1.82, 2.24) is 5.32 Å². The molecule has 1 aromatic carbocycles. The number of carbonyl (C=O) groups excluding carboxylic acids is 1. The molecule has 0 spiro atoms. The molecule has 0 saturated heterocycles. The highest BCUT2D eigenvalue weighted by Gasteiger charge is 2.46. The summed E-state index contributed by atoms with van der Waals surface area (Å²) in [6.07, 6.45) is -3.32. The first-order valence-electron chi connectivity index (χ1n) is 7.53. The fourth-order valence-corrected chi connectivity index (χ4v) is 3.57. The Morgan fingerprint density at radius 1 is 1.08 bits per heavy atom. The number of sulfone groups is 1. The molecule has 1 aromatic rings. The molecule has 140 valence electrons. The van der Waals surface area contributed by atoms with Crippen molar-refractivity contribution in [3.05, 3.63) is 29.8 Å². The zero-order chi connectivity index (χ0) is 18.8. The number of carbonyl (C=O) groups is 1. The predicted octanol–water partition coefficient (Wildman–Crippen LogP) is 3.53. The first kappa shape index (κ1) is 19.6. The fourth-order valence-electron chi connectivity index (χ4n) is 2.85. The van der Waals surface area contributed by atoms with Gasteiger partial charge in [0.2, 0.25) is 9.84 Å². The summed E-state index contributed by atoms with van der Waals surface area (Å²) in [4.78, 5) is 11.4. The van der Waals surface area contributed by atoms with E-state index in [1.165, 1.54) is 0 Å². The quantitative estimate of drug-likeness (QED) is 0.807. The van der Waals surface area contributed by atoms with Crippen LogP contribution >= 0.6 is 0 Å². The van der Waals surface area contributed by atoms with Gasteiger partial charge in [0.05, 0.1) is 10.8 Å². The van der Waals surface area contributed by atoms with Crippen molar-refractivity contribution in [3.8, 4) is 0 Å². The molecule has 10 heteroatoms. The van der Waals surface area contributed by atoms with E-state index < -0.39 is 44.5 Å². The molecule has 25 heavy (non-hydrogen) atoms. The van der Waals surface area contributed by atoms with Gasteiger partial charge in [-0.25, -0.2) is 8.42 Å². The van der Waals surface area contributed by atoms with Gasteiger partial charge in [0.25, 0.3) is 5.91 Å². The normalized spacial score (nSPS) is 22.0. The van der Waals surface area contributed by atoms with Crippen LogP contribution in [0.15, 0.2) is 29.2 Å². The second-order valence-corrected chi connectivity index (χ2v) is 7.76. The second-order valence-electron chi connectivity index (χ2n) is 5.84. The van der Waals surface area contributed by atoms with E-state index in [9.17, 15) is 35.2 Å². The highest BCUT2D eigenvalue weighted by molar-refractivity contribution is 7.91. The van der Waals surface area contributed by atoms with E-state index in [1.54, 1.807) is 0 Å². The minimum absolute atomic E-state index is 0.0694. The maximum atomic E-state index is 13.0. The standard InChI is InChI=1S/C15H16F5NO3S/c16-14(17)25(23,24)10-7-5-9(6-8-10)13(22)21-12-4-2-1-3-11(12)15(18,19)20/h5-8,11-12,14H,1-4H2,(H,21,22)/t11-,12-/m0/s1. The Kier molecular flexibility index (Phi) is 5.70. The highest BCUT2D eigenvalue weighted by Crippen LogP contribution is 2.37. The highest BCUT2D eigenvalue weighted by atomic mass is 32.2. The summed E-state index contributed by atoms with van der Waals surface area (Å²) in [6.45, 7) is 0. The number of benzene rings is 1. The van der Waals surface area contributed by atoms with E-state index in [0.29, 0.717) is 12.8 Å². The third-order valence-electron chi connectivity index (χ3n) is 4.18. The molecule has 1 N–H and O–H groups in total. The molecular weight excluding hydrogens is 369 g/mol. The number of halogens is 5. The monoisotopic (exact) mass is 385 g/mol. The third-order valence-corrected chi connectivity index (χ3v) is 5.58. The van der Waals surface area contributed by atoms with Crippen LogP contribution in [-0.4, -0.2) is 32.3 Å². The van der Waals surface area contributed by atoms with Gasteiger partial charge in [-0.1, -0.05) is 12.8 Å². The van der Waals surface area contributed by atoms with Crippen LogP contribution in [0.1, 0.15) is 36.0 Å². The van der Waals surface area contributed by atoms with Crippen LogP contribution in [0.4, 0.5) is 22.0 Å². The van der Waals surface area contributed by atoms with Gasteiger partial charge in [-0.05, 0) is 37.1 Å². The van der Waals surface area contributed by atoms with Crippen molar-refractivity contribution in [2.75, 3.05) is 0 Å². The Hall–Kier alpha value is -1.71. The Morgan fingerprint density at radius 3 is 2.16 bits per heavy atom. The van der Waals surface area contributed by atoms with E-state index >= 15 is 0 Å². The van der Waals surface area contributed by atoms with Gasteiger partial charge in [0.1, 0.15) is 0 Å². The third kappa shape index (κ3) is 4.47. The fraction of sp³-hybridized carbons (Fsp3) is 0.533. The minimum Gasteiger partial charge on any atom is -0.349 e. The summed E-state index contributed by atoms with van der Waals surface area (Å²) in [7, 11) is -4.79. The first-order valence-corrected chi connectivity index (χ1v) is 9.08. The van der Waals surface area contributed by atoms with Gasteiger partial charge in [0.15, 0.2) is 0 Å². The minimum atomic E-state index is -4.79. The molecule has 1 saturated carbocycles. The van der Waals surface area contributed by atoms with E-state index in [-0.39, 0.29) is 18.4 Å². The van der Waals surface area contributed by atoms with Crippen molar-refractivity contribution in [2.45, 2.75) is 48.6 Å². The molecule has 1 aliphatic carbocycles. The molecule has 0 unspecified atom stereocenters. The number of alkyl halides is 5. The number of hydrogen-bond donors (Lipinski definition) is 1. The van der Waals surface area contributed by atoms with E-state index in [2.05, 4.69) is 5.32 Å². The zero-order valence-electron chi connectivity index (χ0n) is 12.9. The van der Waals surface area contributed by atoms with Crippen molar-refractivity contribution in [3.63, 3.8) is 0 Å². The second kappa shape index (κ2) is 7.27. The lowest BCUT2D eigenvalue weighted by atomic mass is 9.84. The van der Waals surface area contributed by atoms with Crippen LogP contribution in [0.3, 0.4) is 0 Å². The molecule has 0 aliphatic heterocycles. The van der Waals surface area contributed by atoms with Crippen LogP contribution in [-0.2, 0) is 9.84 Å². The molecule has 0 bridgehead atoms. The molecule has 4 nitrogen and oxygen atoms in total. The molecule has 0 radical (unpaired) electrons. The Labute approximate surface area is 141 Å². The van der Waals surface area contributed by atoms with Crippen LogP contribution in [0.5, 0.6) is 0 Å². The summed E-state index contributed by atoms with van der Waals surface area (Å²) < 4.78 is 86.6. The Morgan fingerprint density at radius 2 is 1.64 bits per heavy atom. The smallest absolute Gasteiger partial charge is 0.349 e. The maximum absolute atomic E-state index is 13.0. The summed E-state index contributed by atoms with van der Waals surface area (Å²) >= 11 is 0. The lowest BCUT2D eigenvalue weighted by Gasteiger charge is -2.33. The summed E-state index contributed by atoms with van der Waals surface area (Å²) in [5, 5.41) is 2.32. The summed E-state index contributed by atoms with van der Waals surface area (Å²) in [5.41, 5.74) is -0.0975. The van der Waals surface area contributed by atoms with Crippen molar-refractivity contribution in [1.29, 1.82) is 0 Å². The van der Waals surface area contributed by atoms with Gasteiger partial charge in [-0.15, -0.1) is 0 Å². The lowest BCUT2D eigenvalue weighted by molar-refractivity contribution is -0.187. The molecule has 1 fully saturated rings. The molecular formula is C15H16F5NO3S. The van der Waals surface area contributed by atoms with Gasteiger partial charge in [-0.3, -0.25) is 4.79 Å². The molecule has 1 aliphatic rings. The molecule has 2 rings (SSSR count). The van der Waals surface area contributed by atoms with Gasteiger partial charge < -0.3 is 5.32 Å². The predicted molar refractivity (Wildman–Crippen MR) is 78.9 cm³/mol. The first-order chi connectivity index (χ1) is 11.5. The van der Waals surface area contributed by atoms with Crippen LogP contribution in [0, 0.1) is 5.92 Å². The average Bonchev–Trinajstić information content (AvgIpc) is 2.54. The molecule has 0 aromatic heterocycles. The van der Waals surface area contributed by atoms with E-state index in [1.807, 2.05) is 0 Å². The van der Waals surface area contributed by atoms with Gasteiger partial charge in [-0.2, -0.15) is 22.0 Å². The SMILES string of the molecule is O=C(N[C@H]1CCCC[C@@H]1C(F)(F)F)c1ccc(S(=O)(=O)C(F)F)cc1. The van der Waals surface area contributed by atoms with Crippen LogP contribution in [0.2, 0.25) is 0 Å². The van der Waals surface area contributed by atoms with E-state index in [4.69, 9.17) is 0 Å². The largest absolute Gasteiger partial charge is 0.393 e. The molecule has 2 atom stereocenters. The average molecular weight is 385 g/mol. The number of rotatable bonds is 4. The molecule has 0 heterocycles. The summed E-state index contributed by atoms with van der Waals surface area (Å²) in [5.74, 6) is -6.03. The number of amides is 1. The molecule has 1 amide bonds. The van der Waals surface area contributed by atoms with Gasteiger partial charge in [0, 0.05) is 11.6 Å². The van der Waals surface area contributed by atoms with Crippen molar-refractivity contribution >= 4 is 15.7 Å². The van der Waals surface area contributed by atoms with E-state index in [0.717, 1.165) is 24.3 Å². The maximum Gasteiger partial charge on any atom is 0.393 e. The summed E-state index contributed by atoms with van der Waals surface area (Å²) in [6, 6.07) is 2.59. The van der Waals surface area contributed by atoms with Gasteiger partial charge >= 0.3 is 11.9 Å².